The summed E-state index contributed by atoms with van der Waals surface area (Å²) in [7, 11) is 1.92. The van der Waals surface area contributed by atoms with Crippen LogP contribution in [0.15, 0.2) is 54.9 Å². The molecule has 1 aliphatic rings. The molecule has 1 fully saturated rings. The van der Waals surface area contributed by atoms with Crippen LogP contribution in [0, 0.1) is 0 Å². The average Bonchev–Trinajstić information content (AvgIpc) is 3.37. The smallest absolute Gasteiger partial charge is 0.124 e. The van der Waals surface area contributed by atoms with Crippen LogP contribution in [0.1, 0.15) is 24.5 Å². The molecule has 1 aliphatic heterocycles. The van der Waals surface area contributed by atoms with Gasteiger partial charge in [0.05, 0.1) is 41.8 Å². The van der Waals surface area contributed by atoms with Crippen molar-refractivity contribution >= 4 is 11.0 Å². The Morgan fingerprint density at radius 3 is 2.83 bits per heavy atom. The van der Waals surface area contributed by atoms with Crippen molar-refractivity contribution in [3.63, 3.8) is 0 Å². The molecular formula is C23H26N6O. The van der Waals surface area contributed by atoms with E-state index in [2.05, 4.69) is 45.8 Å². The van der Waals surface area contributed by atoms with Crippen molar-refractivity contribution in [3.8, 4) is 11.3 Å². The Morgan fingerprint density at radius 1 is 1.10 bits per heavy atom. The number of morpholine rings is 1. The lowest BCUT2D eigenvalue weighted by Crippen LogP contribution is -2.38. The van der Waals surface area contributed by atoms with Gasteiger partial charge in [0.1, 0.15) is 11.9 Å². The molecular weight excluding hydrogens is 376 g/mol. The lowest BCUT2D eigenvalue weighted by molar-refractivity contribution is -0.0359. The first-order valence-electron chi connectivity index (χ1n) is 10.5. The van der Waals surface area contributed by atoms with Crippen molar-refractivity contribution in [3.05, 3.63) is 66.4 Å². The number of benzene rings is 1. The third kappa shape index (κ3) is 3.62. The van der Waals surface area contributed by atoms with Crippen molar-refractivity contribution in [1.82, 2.24) is 29.2 Å². The number of hydrogen-bond acceptors (Lipinski definition) is 5. The van der Waals surface area contributed by atoms with E-state index < -0.39 is 0 Å². The van der Waals surface area contributed by atoms with Crippen LogP contribution in [0.4, 0.5) is 0 Å². The van der Waals surface area contributed by atoms with Gasteiger partial charge in [-0.1, -0.05) is 18.2 Å². The summed E-state index contributed by atoms with van der Waals surface area (Å²) in [6.45, 7) is 6.29. The maximum atomic E-state index is 6.09. The van der Waals surface area contributed by atoms with Gasteiger partial charge < -0.3 is 9.30 Å². The highest BCUT2D eigenvalue weighted by Gasteiger charge is 2.25. The van der Waals surface area contributed by atoms with E-state index in [0.717, 1.165) is 54.5 Å². The monoisotopic (exact) mass is 402 g/mol. The number of pyridine rings is 1. The fraction of sp³-hybridized carbons (Fsp3) is 0.348. The fourth-order valence-corrected chi connectivity index (χ4v) is 4.17. The molecule has 154 valence electrons. The van der Waals surface area contributed by atoms with Gasteiger partial charge in [0, 0.05) is 38.4 Å². The minimum absolute atomic E-state index is 0.0465. The molecule has 0 unspecified atom stereocenters. The van der Waals surface area contributed by atoms with Gasteiger partial charge in [-0.05, 0) is 31.2 Å². The lowest BCUT2D eigenvalue weighted by Gasteiger charge is -2.32. The second-order valence-corrected chi connectivity index (χ2v) is 7.71. The molecule has 0 amide bonds. The van der Waals surface area contributed by atoms with Crippen molar-refractivity contribution in [2.24, 2.45) is 7.05 Å². The van der Waals surface area contributed by atoms with E-state index in [9.17, 15) is 0 Å². The third-order valence-electron chi connectivity index (χ3n) is 5.67. The predicted molar refractivity (Wildman–Crippen MR) is 116 cm³/mol. The summed E-state index contributed by atoms with van der Waals surface area (Å²) in [6.07, 6.45) is 3.78. The molecule has 1 atom stereocenters. The zero-order valence-corrected chi connectivity index (χ0v) is 17.4. The van der Waals surface area contributed by atoms with E-state index in [0.29, 0.717) is 6.61 Å². The van der Waals surface area contributed by atoms with E-state index in [1.54, 1.807) is 4.68 Å². The first-order valence-corrected chi connectivity index (χ1v) is 10.5. The summed E-state index contributed by atoms with van der Waals surface area (Å²) in [5, 5.41) is 4.26. The minimum atomic E-state index is -0.0465. The summed E-state index contributed by atoms with van der Waals surface area (Å²) in [5.74, 6) is 1.11. The number of ether oxygens (including phenoxy) is 1. The van der Waals surface area contributed by atoms with Gasteiger partial charge in [-0.2, -0.15) is 5.10 Å². The quantitative estimate of drug-likeness (QED) is 0.512. The maximum Gasteiger partial charge on any atom is 0.124 e. The van der Waals surface area contributed by atoms with Crippen molar-refractivity contribution in [2.45, 2.75) is 26.1 Å². The highest BCUT2D eigenvalue weighted by molar-refractivity contribution is 5.75. The summed E-state index contributed by atoms with van der Waals surface area (Å²) in [6, 6.07) is 14.5. The Kier molecular flexibility index (Phi) is 5.06. The van der Waals surface area contributed by atoms with Gasteiger partial charge in [-0.3, -0.25) is 9.58 Å². The molecule has 1 aromatic carbocycles. The van der Waals surface area contributed by atoms with Crippen molar-refractivity contribution in [1.29, 1.82) is 0 Å². The molecule has 0 spiro atoms. The molecule has 0 radical (unpaired) electrons. The SMILES string of the molecule is CCn1c(CN2CCO[C@@H](c3cccc(-c4cnn(C)c4)n3)C2)nc2ccccc21. The molecule has 0 aliphatic carbocycles. The van der Waals surface area contributed by atoms with Crippen molar-refractivity contribution < 1.29 is 4.74 Å². The van der Waals surface area contributed by atoms with Gasteiger partial charge in [-0.15, -0.1) is 0 Å². The fourth-order valence-electron chi connectivity index (χ4n) is 4.17. The Bertz CT molecular complexity index is 1160. The summed E-state index contributed by atoms with van der Waals surface area (Å²) in [4.78, 5) is 12.2. The van der Waals surface area contributed by atoms with Crippen molar-refractivity contribution in [2.75, 3.05) is 19.7 Å². The number of aryl methyl sites for hydroxylation is 2. The Balaban J connectivity index is 1.36. The van der Waals surface area contributed by atoms with Gasteiger partial charge in [-0.25, -0.2) is 9.97 Å². The number of fused-ring (bicyclic) bond motifs is 1. The Morgan fingerprint density at radius 2 is 2.00 bits per heavy atom. The molecule has 7 heteroatoms. The highest BCUT2D eigenvalue weighted by atomic mass is 16.5. The molecule has 30 heavy (non-hydrogen) atoms. The first-order chi connectivity index (χ1) is 14.7. The first kappa shape index (κ1) is 19.0. The molecule has 4 aromatic rings. The normalized spacial score (nSPS) is 17.6. The van der Waals surface area contributed by atoms with Crippen LogP contribution >= 0.6 is 0 Å². The lowest BCUT2D eigenvalue weighted by atomic mass is 10.1. The number of imidazole rings is 1. The summed E-state index contributed by atoms with van der Waals surface area (Å²) < 4.78 is 10.2. The topological polar surface area (TPSA) is 61.0 Å². The van der Waals surface area contributed by atoms with Gasteiger partial charge in [0.25, 0.3) is 0 Å². The van der Waals surface area contributed by atoms with E-state index in [1.807, 2.05) is 37.6 Å². The third-order valence-corrected chi connectivity index (χ3v) is 5.67. The Hall–Kier alpha value is -3.03. The Labute approximate surface area is 175 Å². The number of para-hydroxylation sites is 2. The van der Waals surface area contributed by atoms with E-state index >= 15 is 0 Å². The van der Waals surface area contributed by atoms with Gasteiger partial charge in [0.15, 0.2) is 0 Å². The van der Waals surface area contributed by atoms with Gasteiger partial charge >= 0.3 is 0 Å². The molecule has 0 N–H and O–H groups in total. The zero-order chi connectivity index (χ0) is 20.5. The predicted octanol–water partition coefficient (Wildman–Crippen LogP) is 3.43. The highest BCUT2D eigenvalue weighted by Crippen LogP contribution is 2.25. The molecule has 0 bridgehead atoms. The van der Waals surface area contributed by atoms with Crippen LogP contribution < -0.4 is 0 Å². The van der Waals surface area contributed by atoms with E-state index in [-0.39, 0.29) is 6.10 Å². The largest absolute Gasteiger partial charge is 0.369 e. The van der Waals surface area contributed by atoms with E-state index in [1.165, 1.54) is 5.52 Å². The molecule has 7 nitrogen and oxygen atoms in total. The molecule has 0 saturated carbocycles. The molecule has 3 aromatic heterocycles. The number of aromatic nitrogens is 5. The second-order valence-electron chi connectivity index (χ2n) is 7.71. The van der Waals surface area contributed by atoms with Crippen LogP contribution in [0.5, 0.6) is 0 Å². The number of nitrogens with zero attached hydrogens (tertiary/aromatic N) is 6. The molecule has 4 heterocycles. The number of hydrogen-bond donors (Lipinski definition) is 0. The van der Waals surface area contributed by atoms with E-state index in [4.69, 9.17) is 14.7 Å². The maximum absolute atomic E-state index is 6.09. The molecule has 1 saturated heterocycles. The zero-order valence-electron chi connectivity index (χ0n) is 17.4. The second kappa shape index (κ2) is 8.01. The molecule has 5 rings (SSSR count). The standard InChI is InChI=1S/C23H26N6O/c1-3-29-21-10-5-4-7-19(21)26-23(29)16-28-11-12-30-22(15-28)20-9-6-8-18(25-20)17-13-24-27(2)14-17/h4-10,13-14,22H,3,11-12,15-16H2,1-2H3/t22-/m1/s1. The van der Waals surface area contributed by atoms with Gasteiger partial charge in [0.2, 0.25) is 0 Å². The number of rotatable bonds is 5. The van der Waals surface area contributed by atoms with Crippen LogP contribution in [-0.2, 0) is 24.9 Å². The minimum Gasteiger partial charge on any atom is -0.369 e. The van der Waals surface area contributed by atoms with Crippen LogP contribution in [0.25, 0.3) is 22.3 Å². The summed E-state index contributed by atoms with van der Waals surface area (Å²) in [5.41, 5.74) is 5.17. The summed E-state index contributed by atoms with van der Waals surface area (Å²) >= 11 is 0. The van der Waals surface area contributed by atoms with Crippen LogP contribution in [-0.4, -0.2) is 48.9 Å². The van der Waals surface area contributed by atoms with Crippen LogP contribution in [0.2, 0.25) is 0 Å². The van der Waals surface area contributed by atoms with Crippen LogP contribution in [0.3, 0.4) is 0 Å². The average molecular weight is 403 g/mol.